The Balaban J connectivity index is 2.47. The van der Waals surface area contributed by atoms with Gasteiger partial charge in [-0.15, -0.1) is 0 Å². The van der Waals surface area contributed by atoms with Crippen molar-refractivity contribution in [2.24, 2.45) is 5.92 Å². The number of rotatable bonds is 6. The molecule has 1 aliphatic carbocycles. The van der Waals surface area contributed by atoms with E-state index >= 15 is 0 Å². The first-order valence-electron chi connectivity index (χ1n) is 9.02. The Morgan fingerprint density at radius 2 is 2.00 bits per heavy atom. The third kappa shape index (κ3) is 4.06. The van der Waals surface area contributed by atoms with E-state index in [0.29, 0.717) is 18.4 Å². The first-order chi connectivity index (χ1) is 11.8. The highest BCUT2D eigenvalue weighted by Crippen LogP contribution is 2.47. The largest absolute Gasteiger partial charge is 0.507 e. The van der Waals surface area contributed by atoms with E-state index < -0.39 is 23.6 Å². The highest BCUT2D eigenvalue weighted by Gasteiger charge is 2.34. The molecule has 2 rings (SSSR count). The number of benzene rings is 1. The molecular formula is C21H29FO3. The van der Waals surface area contributed by atoms with Crippen molar-refractivity contribution in [2.45, 2.75) is 64.9 Å². The molecule has 138 valence electrons. The Kier molecular flexibility index (Phi) is 6.28. The van der Waals surface area contributed by atoms with Crippen molar-refractivity contribution in [3.05, 3.63) is 46.8 Å². The fourth-order valence-electron chi connectivity index (χ4n) is 3.65. The maximum atomic E-state index is 14.7. The van der Waals surface area contributed by atoms with Crippen LogP contribution >= 0.6 is 0 Å². The molecule has 1 aliphatic rings. The van der Waals surface area contributed by atoms with Crippen molar-refractivity contribution in [2.75, 3.05) is 0 Å². The van der Waals surface area contributed by atoms with Crippen molar-refractivity contribution in [3.8, 4) is 11.5 Å². The fourth-order valence-corrected chi connectivity index (χ4v) is 3.65. The minimum Gasteiger partial charge on any atom is -0.507 e. The summed E-state index contributed by atoms with van der Waals surface area (Å²) in [5.41, 5.74) is 2.12. The lowest BCUT2D eigenvalue weighted by molar-refractivity contribution is 0.168. The van der Waals surface area contributed by atoms with Gasteiger partial charge in [-0.25, -0.2) is 4.39 Å². The number of phenolic OH excluding ortho intramolecular Hbond substituents is 2. The van der Waals surface area contributed by atoms with E-state index in [1.165, 1.54) is 6.07 Å². The van der Waals surface area contributed by atoms with Gasteiger partial charge in [0.15, 0.2) is 11.6 Å². The smallest absolute Gasteiger partial charge is 0.168 e. The Hall–Kier alpha value is -1.81. The van der Waals surface area contributed by atoms with E-state index in [0.717, 1.165) is 30.4 Å². The molecule has 0 unspecified atom stereocenters. The second kappa shape index (κ2) is 8.05. The van der Waals surface area contributed by atoms with Crippen molar-refractivity contribution >= 4 is 0 Å². The summed E-state index contributed by atoms with van der Waals surface area (Å²) in [5.74, 6) is -1.80. The van der Waals surface area contributed by atoms with Crippen molar-refractivity contribution < 1.29 is 19.7 Å². The first-order valence-corrected chi connectivity index (χ1v) is 9.02. The van der Waals surface area contributed by atoms with E-state index in [4.69, 9.17) is 0 Å². The third-order valence-corrected chi connectivity index (χ3v) is 5.23. The average Bonchev–Trinajstić information content (AvgIpc) is 2.55. The minimum atomic E-state index is -0.651. The predicted octanol–water partition coefficient (Wildman–Crippen LogP) is 4.96. The van der Waals surface area contributed by atoms with Crippen molar-refractivity contribution in [1.29, 1.82) is 0 Å². The quantitative estimate of drug-likeness (QED) is 0.503. The van der Waals surface area contributed by atoms with Gasteiger partial charge >= 0.3 is 0 Å². The number of phenols is 2. The van der Waals surface area contributed by atoms with Gasteiger partial charge in [0.05, 0.1) is 6.10 Å². The topological polar surface area (TPSA) is 60.7 Å². The molecule has 25 heavy (non-hydrogen) atoms. The molecule has 1 aromatic carbocycles. The molecule has 0 spiro atoms. The van der Waals surface area contributed by atoms with Gasteiger partial charge in [-0.1, -0.05) is 38.0 Å². The lowest BCUT2D eigenvalue weighted by Crippen LogP contribution is -2.26. The molecular weight excluding hydrogens is 319 g/mol. The van der Waals surface area contributed by atoms with Crippen LogP contribution < -0.4 is 0 Å². The SMILES string of the molecule is C=C(C)[C@@H]1C[C@H](O)C(C)=C[C@H]1c1c(O)cc(CCCCC)c(F)c1O. The second-order valence-corrected chi connectivity index (χ2v) is 7.23. The number of hydrogen-bond acceptors (Lipinski definition) is 3. The van der Waals surface area contributed by atoms with Crippen LogP contribution in [0.15, 0.2) is 29.9 Å². The molecule has 0 aromatic heterocycles. The summed E-state index contributed by atoms with van der Waals surface area (Å²) in [6.07, 6.45) is 4.97. The number of aliphatic hydroxyl groups excluding tert-OH is 1. The number of hydrogen-bond donors (Lipinski definition) is 3. The van der Waals surface area contributed by atoms with Crippen LogP contribution in [0, 0.1) is 11.7 Å². The lowest BCUT2D eigenvalue weighted by Gasteiger charge is -2.34. The maximum absolute atomic E-state index is 14.7. The van der Waals surface area contributed by atoms with Crippen LogP contribution in [-0.2, 0) is 6.42 Å². The molecule has 4 heteroatoms. The Morgan fingerprint density at radius 3 is 2.60 bits per heavy atom. The molecule has 0 heterocycles. The van der Waals surface area contributed by atoms with Gasteiger partial charge in [0.2, 0.25) is 0 Å². The van der Waals surface area contributed by atoms with E-state index in [9.17, 15) is 19.7 Å². The molecule has 0 bridgehead atoms. The normalized spacial score (nSPS) is 23.4. The molecule has 3 nitrogen and oxygen atoms in total. The number of aryl methyl sites for hydroxylation is 1. The number of aromatic hydroxyl groups is 2. The molecule has 0 saturated carbocycles. The molecule has 3 atom stereocenters. The van der Waals surface area contributed by atoms with Crippen LogP contribution in [0.5, 0.6) is 11.5 Å². The Morgan fingerprint density at radius 1 is 1.32 bits per heavy atom. The highest BCUT2D eigenvalue weighted by atomic mass is 19.1. The summed E-state index contributed by atoms with van der Waals surface area (Å²) in [6.45, 7) is 9.68. The van der Waals surface area contributed by atoms with Crippen LogP contribution in [-0.4, -0.2) is 21.4 Å². The van der Waals surface area contributed by atoms with Gasteiger partial charge in [0.25, 0.3) is 0 Å². The summed E-state index contributed by atoms with van der Waals surface area (Å²) in [4.78, 5) is 0. The van der Waals surface area contributed by atoms with E-state index in [-0.39, 0.29) is 17.2 Å². The summed E-state index contributed by atoms with van der Waals surface area (Å²) >= 11 is 0. The number of allylic oxidation sites excluding steroid dienone is 2. The maximum Gasteiger partial charge on any atom is 0.168 e. The summed E-state index contributed by atoms with van der Waals surface area (Å²) in [6, 6.07) is 1.43. The third-order valence-electron chi connectivity index (χ3n) is 5.23. The van der Waals surface area contributed by atoms with E-state index in [1.54, 1.807) is 13.0 Å². The standard InChI is InChI=1S/C21H29FO3/c1-5-6-7-8-14-10-18(24)19(21(25)20(14)22)16-9-13(4)17(23)11-15(16)12(2)3/h9-10,15-17,23-25H,2,5-8,11H2,1,3-4H3/t15-,16+,17-/m0/s1. The zero-order chi connectivity index (χ0) is 18.7. The monoisotopic (exact) mass is 348 g/mol. The van der Waals surface area contributed by atoms with E-state index in [1.807, 2.05) is 6.92 Å². The van der Waals surface area contributed by atoms with Gasteiger partial charge in [0, 0.05) is 11.5 Å². The summed E-state index contributed by atoms with van der Waals surface area (Å²) in [7, 11) is 0. The van der Waals surface area contributed by atoms with Crippen LogP contribution in [0.25, 0.3) is 0 Å². The van der Waals surface area contributed by atoms with Gasteiger partial charge in [0.1, 0.15) is 5.75 Å². The van der Waals surface area contributed by atoms with Gasteiger partial charge in [-0.2, -0.15) is 0 Å². The Bertz CT molecular complexity index is 678. The highest BCUT2D eigenvalue weighted by molar-refractivity contribution is 5.53. The van der Waals surface area contributed by atoms with Gasteiger partial charge in [-0.3, -0.25) is 0 Å². The molecule has 0 amide bonds. The van der Waals surface area contributed by atoms with Crippen molar-refractivity contribution in [1.82, 2.24) is 0 Å². The number of halogens is 1. The number of unbranched alkanes of at least 4 members (excludes halogenated alkanes) is 2. The molecule has 0 saturated heterocycles. The zero-order valence-electron chi connectivity index (χ0n) is 15.3. The van der Waals surface area contributed by atoms with Crippen LogP contribution in [0.2, 0.25) is 0 Å². The fraction of sp³-hybridized carbons (Fsp3) is 0.524. The lowest BCUT2D eigenvalue weighted by atomic mass is 9.72. The molecule has 0 radical (unpaired) electrons. The van der Waals surface area contributed by atoms with Crippen LogP contribution in [0.3, 0.4) is 0 Å². The molecule has 3 N–H and O–H groups in total. The summed E-state index contributed by atoms with van der Waals surface area (Å²) < 4.78 is 14.7. The van der Waals surface area contributed by atoms with Gasteiger partial charge < -0.3 is 15.3 Å². The first kappa shape index (κ1) is 19.5. The minimum absolute atomic E-state index is 0.0953. The second-order valence-electron chi connectivity index (χ2n) is 7.23. The Labute approximate surface area is 149 Å². The van der Waals surface area contributed by atoms with Crippen molar-refractivity contribution in [3.63, 3.8) is 0 Å². The molecule has 0 aliphatic heterocycles. The number of aliphatic hydroxyl groups is 1. The summed E-state index contributed by atoms with van der Waals surface area (Å²) in [5, 5.41) is 31.1. The van der Waals surface area contributed by atoms with Gasteiger partial charge in [-0.05, 0) is 56.2 Å². The molecule has 1 aromatic rings. The van der Waals surface area contributed by atoms with Crippen LogP contribution in [0.1, 0.15) is 63.5 Å². The van der Waals surface area contributed by atoms with Crippen LogP contribution in [0.4, 0.5) is 4.39 Å². The predicted molar refractivity (Wildman–Crippen MR) is 98.4 cm³/mol. The zero-order valence-corrected chi connectivity index (χ0v) is 15.3. The average molecular weight is 348 g/mol. The molecule has 0 fully saturated rings. The van der Waals surface area contributed by atoms with E-state index in [2.05, 4.69) is 13.5 Å².